The van der Waals surface area contributed by atoms with Crippen molar-refractivity contribution in [2.24, 2.45) is 5.73 Å². The smallest absolute Gasteiger partial charge is 0.262 e. The van der Waals surface area contributed by atoms with Gasteiger partial charge < -0.3 is 11.1 Å². The van der Waals surface area contributed by atoms with Crippen LogP contribution in [0, 0.1) is 6.92 Å². The maximum Gasteiger partial charge on any atom is 0.262 e. The average molecular weight is 264 g/mol. The van der Waals surface area contributed by atoms with E-state index in [0.29, 0.717) is 6.41 Å². The van der Waals surface area contributed by atoms with Crippen LogP contribution >= 0.6 is 11.3 Å². The number of primary amides is 1. The highest BCUT2D eigenvalue weighted by molar-refractivity contribution is 7.12. The number of aromatic nitrogens is 2. The van der Waals surface area contributed by atoms with Gasteiger partial charge in [-0.25, -0.2) is 4.98 Å². The topological polar surface area (TPSA) is 98.0 Å². The van der Waals surface area contributed by atoms with Gasteiger partial charge in [-0.2, -0.15) is 0 Å². The molecule has 0 unspecified atom stereocenters. The molecule has 2 rings (SSSR count). The fourth-order valence-corrected chi connectivity index (χ4v) is 1.63. The molecule has 0 radical (unpaired) electrons. The fourth-order valence-electron chi connectivity index (χ4n) is 1.03. The minimum Gasteiger partial charge on any atom is -0.365 e. The summed E-state index contributed by atoms with van der Waals surface area (Å²) >= 11 is 1.09. The zero-order valence-corrected chi connectivity index (χ0v) is 10.5. The molecular formula is C11H12N4O2S. The number of hydrogen-bond acceptors (Lipinski definition) is 5. The van der Waals surface area contributed by atoms with Crippen molar-refractivity contribution < 1.29 is 9.59 Å². The van der Waals surface area contributed by atoms with E-state index in [4.69, 9.17) is 5.73 Å². The molecule has 0 aliphatic carbocycles. The number of amides is 2. The number of nitrogens with one attached hydrogen (secondary N) is 1. The summed E-state index contributed by atoms with van der Waals surface area (Å²) in [6.45, 7) is 1.97. The molecule has 2 heterocycles. The summed E-state index contributed by atoms with van der Waals surface area (Å²) in [5.74, 6) is -0.366. The molecule has 3 N–H and O–H groups in total. The Hall–Kier alpha value is -2.28. The first-order valence-electron chi connectivity index (χ1n) is 4.96. The third-order valence-corrected chi connectivity index (χ3v) is 2.64. The molecule has 18 heavy (non-hydrogen) atoms. The predicted octanol–water partition coefficient (Wildman–Crippen LogP) is 1.20. The lowest BCUT2D eigenvalue weighted by Gasteiger charge is -1.92. The van der Waals surface area contributed by atoms with Gasteiger partial charge in [0.2, 0.25) is 6.41 Å². The van der Waals surface area contributed by atoms with Crippen molar-refractivity contribution in [1.82, 2.24) is 9.97 Å². The molecule has 0 fully saturated rings. The molecule has 2 aromatic rings. The van der Waals surface area contributed by atoms with Gasteiger partial charge in [0.05, 0.1) is 5.51 Å². The highest BCUT2D eigenvalue weighted by Crippen LogP contribution is 2.16. The van der Waals surface area contributed by atoms with Crippen LogP contribution in [-0.2, 0) is 4.79 Å². The Kier molecular flexibility index (Phi) is 5.46. The van der Waals surface area contributed by atoms with Gasteiger partial charge in [0.15, 0.2) is 5.82 Å². The molecule has 2 aromatic heterocycles. The van der Waals surface area contributed by atoms with Crippen LogP contribution in [0.25, 0.3) is 0 Å². The number of rotatable bonds is 3. The third-order valence-electron chi connectivity index (χ3n) is 1.80. The monoisotopic (exact) mass is 264 g/mol. The summed E-state index contributed by atoms with van der Waals surface area (Å²) in [6.07, 6.45) is 2.23. The standard InChI is InChI=1S/C6H7N.C5H5N3O2S/c1-6-4-2-3-5-7-6;6-4(10)3-5(7-1-9)8-2-11-3/h2-5H,1H3;1-2H,(H2,6,10)(H,7,9). The zero-order chi connectivity index (χ0) is 13.4. The minimum absolute atomic E-state index is 0.220. The van der Waals surface area contributed by atoms with Crippen molar-refractivity contribution in [2.45, 2.75) is 6.92 Å². The van der Waals surface area contributed by atoms with Gasteiger partial charge in [-0.3, -0.25) is 14.6 Å². The quantitative estimate of drug-likeness (QED) is 0.814. The van der Waals surface area contributed by atoms with Gasteiger partial charge in [0.1, 0.15) is 4.88 Å². The van der Waals surface area contributed by atoms with Crippen LogP contribution in [0.15, 0.2) is 29.9 Å². The first-order valence-corrected chi connectivity index (χ1v) is 5.84. The second kappa shape index (κ2) is 7.13. The van der Waals surface area contributed by atoms with Crippen LogP contribution in [0.3, 0.4) is 0 Å². The van der Waals surface area contributed by atoms with Gasteiger partial charge in [-0.15, -0.1) is 11.3 Å². The largest absolute Gasteiger partial charge is 0.365 e. The van der Waals surface area contributed by atoms with E-state index in [0.717, 1.165) is 17.0 Å². The van der Waals surface area contributed by atoms with E-state index >= 15 is 0 Å². The van der Waals surface area contributed by atoms with Crippen LogP contribution in [0.2, 0.25) is 0 Å². The van der Waals surface area contributed by atoms with E-state index in [1.807, 2.05) is 25.1 Å². The van der Waals surface area contributed by atoms with Crippen molar-refractivity contribution in [2.75, 3.05) is 5.32 Å². The van der Waals surface area contributed by atoms with Crippen LogP contribution in [0.1, 0.15) is 15.4 Å². The Morgan fingerprint density at radius 1 is 1.44 bits per heavy atom. The van der Waals surface area contributed by atoms with Crippen molar-refractivity contribution in [3.05, 3.63) is 40.5 Å². The van der Waals surface area contributed by atoms with Crippen molar-refractivity contribution in [3.63, 3.8) is 0 Å². The molecule has 0 aliphatic heterocycles. The van der Waals surface area contributed by atoms with Gasteiger partial charge in [0, 0.05) is 11.9 Å². The summed E-state index contributed by atoms with van der Waals surface area (Å²) in [5, 5.41) is 2.26. The van der Waals surface area contributed by atoms with Crippen LogP contribution in [-0.4, -0.2) is 22.3 Å². The Bertz CT molecular complexity index is 513. The first-order chi connectivity index (χ1) is 8.65. The Balaban J connectivity index is 0.000000199. The number of pyridine rings is 1. The summed E-state index contributed by atoms with van der Waals surface area (Å²) in [4.78, 5) is 28.5. The molecule has 0 saturated carbocycles. The number of aryl methyl sites for hydroxylation is 1. The van der Waals surface area contributed by atoms with Crippen LogP contribution in [0.5, 0.6) is 0 Å². The van der Waals surface area contributed by atoms with Crippen LogP contribution < -0.4 is 11.1 Å². The summed E-state index contributed by atoms with van der Waals surface area (Å²) in [7, 11) is 0. The molecular weight excluding hydrogens is 252 g/mol. The fraction of sp³-hybridized carbons (Fsp3) is 0.0909. The van der Waals surface area contributed by atoms with E-state index in [-0.39, 0.29) is 10.7 Å². The molecule has 2 amide bonds. The molecule has 94 valence electrons. The molecule has 0 aromatic carbocycles. The molecule has 0 aliphatic rings. The van der Waals surface area contributed by atoms with Gasteiger partial charge in [-0.1, -0.05) is 6.07 Å². The van der Waals surface area contributed by atoms with E-state index in [1.165, 1.54) is 5.51 Å². The van der Waals surface area contributed by atoms with Crippen molar-refractivity contribution in [1.29, 1.82) is 0 Å². The molecule has 0 atom stereocenters. The molecule has 0 saturated heterocycles. The maximum absolute atomic E-state index is 10.6. The van der Waals surface area contributed by atoms with E-state index in [2.05, 4.69) is 15.3 Å². The second-order valence-corrected chi connectivity index (χ2v) is 3.98. The number of hydrogen-bond donors (Lipinski definition) is 2. The number of nitrogens with zero attached hydrogens (tertiary/aromatic N) is 2. The lowest BCUT2D eigenvalue weighted by atomic mass is 10.4. The first kappa shape index (κ1) is 13.8. The Morgan fingerprint density at radius 3 is 2.67 bits per heavy atom. The molecule has 0 spiro atoms. The SMILES string of the molecule is Cc1ccccn1.NC(=O)c1scnc1NC=O. The lowest BCUT2D eigenvalue weighted by Crippen LogP contribution is -2.11. The summed E-state index contributed by atoms with van der Waals surface area (Å²) in [6, 6.07) is 5.86. The average Bonchev–Trinajstić information content (AvgIpc) is 2.80. The zero-order valence-electron chi connectivity index (χ0n) is 9.66. The lowest BCUT2D eigenvalue weighted by molar-refractivity contribution is -0.105. The Morgan fingerprint density at radius 2 is 2.22 bits per heavy atom. The highest BCUT2D eigenvalue weighted by atomic mass is 32.1. The summed E-state index contributed by atoms with van der Waals surface area (Å²) in [5.41, 5.74) is 7.47. The molecule has 6 nitrogen and oxygen atoms in total. The Labute approximate surface area is 108 Å². The van der Waals surface area contributed by atoms with E-state index < -0.39 is 5.91 Å². The predicted molar refractivity (Wildman–Crippen MR) is 69.3 cm³/mol. The molecule has 7 heteroatoms. The highest BCUT2D eigenvalue weighted by Gasteiger charge is 2.09. The van der Waals surface area contributed by atoms with E-state index in [1.54, 1.807) is 6.20 Å². The van der Waals surface area contributed by atoms with E-state index in [9.17, 15) is 9.59 Å². The third kappa shape index (κ3) is 4.30. The van der Waals surface area contributed by atoms with Gasteiger partial charge >= 0.3 is 0 Å². The van der Waals surface area contributed by atoms with Gasteiger partial charge in [0.25, 0.3) is 5.91 Å². The number of carbonyl (C=O) groups is 2. The normalized spacial score (nSPS) is 8.94. The van der Waals surface area contributed by atoms with Crippen molar-refractivity contribution in [3.8, 4) is 0 Å². The number of thiazole rings is 1. The second-order valence-electron chi connectivity index (χ2n) is 3.13. The van der Waals surface area contributed by atoms with Gasteiger partial charge in [-0.05, 0) is 19.1 Å². The number of carbonyl (C=O) groups excluding carboxylic acids is 2. The number of anilines is 1. The van der Waals surface area contributed by atoms with Crippen LogP contribution in [0.4, 0.5) is 5.82 Å². The van der Waals surface area contributed by atoms with Crippen molar-refractivity contribution >= 4 is 29.5 Å². The minimum atomic E-state index is -0.586. The maximum atomic E-state index is 10.6. The number of nitrogens with two attached hydrogens (primary N) is 1. The summed E-state index contributed by atoms with van der Waals surface area (Å²) < 4.78 is 0. The molecule has 0 bridgehead atoms.